The fourth-order valence-corrected chi connectivity index (χ4v) is 4.92. The number of nitrogens with one attached hydrogen (secondary N) is 2. The molecular weight excluding hydrogens is 485 g/mol. The van der Waals surface area contributed by atoms with Crippen molar-refractivity contribution in [3.05, 3.63) is 35.9 Å². The molecule has 2 N–H and O–H groups in total. The Morgan fingerprint density at radius 1 is 1.10 bits per heavy atom. The molecule has 1 aliphatic carbocycles. The summed E-state index contributed by atoms with van der Waals surface area (Å²) in [6.07, 6.45) is 6.51. The van der Waals surface area contributed by atoms with Crippen molar-refractivity contribution in [1.82, 2.24) is 20.4 Å². The van der Waals surface area contributed by atoms with E-state index in [9.17, 15) is 0 Å². The summed E-state index contributed by atoms with van der Waals surface area (Å²) < 4.78 is 0. The minimum absolute atomic E-state index is 0. The molecule has 5 nitrogen and oxygen atoms in total. The molecule has 2 saturated heterocycles. The van der Waals surface area contributed by atoms with Gasteiger partial charge in [-0.25, -0.2) is 0 Å². The highest BCUT2D eigenvalue weighted by Gasteiger charge is 2.34. The van der Waals surface area contributed by atoms with Gasteiger partial charge in [-0.3, -0.25) is 9.89 Å². The maximum absolute atomic E-state index is 4.97. The molecule has 2 aliphatic heterocycles. The van der Waals surface area contributed by atoms with E-state index in [2.05, 4.69) is 64.6 Å². The van der Waals surface area contributed by atoms with Crippen LogP contribution in [0.3, 0.4) is 0 Å². The Bertz CT molecular complexity index is 663. The summed E-state index contributed by atoms with van der Waals surface area (Å²) in [6.45, 7) is 11.1. The summed E-state index contributed by atoms with van der Waals surface area (Å²) in [5.41, 5.74) is 1.41. The lowest BCUT2D eigenvalue weighted by Gasteiger charge is -2.38. The lowest BCUT2D eigenvalue weighted by atomic mass is 9.97. The molecule has 30 heavy (non-hydrogen) atoms. The molecule has 2 heterocycles. The SMILES string of the molecule is CCNC(=NCC1CCN(C2CC2)C1)NC1CCN(Cc2ccccc2)C(C)C1.I. The van der Waals surface area contributed by atoms with Crippen molar-refractivity contribution < 1.29 is 0 Å². The van der Waals surface area contributed by atoms with Crippen molar-refractivity contribution in [2.45, 2.75) is 70.6 Å². The van der Waals surface area contributed by atoms with E-state index in [1.807, 2.05) is 0 Å². The lowest BCUT2D eigenvalue weighted by Crippen LogP contribution is -2.51. The van der Waals surface area contributed by atoms with Crippen LogP contribution >= 0.6 is 24.0 Å². The van der Waals surface area contributed by atoms with Crippen LogP contribution in [0, 0.1) is 5.92 Å². The first kappa shape index (κ1) is 23.8. The quantitative estimate of drug-likeness (QED) is 0.324. The van der Waals surface area contributed by atoms with Crippen LogP contribution in [0.2, 0.25) is 0 Å². The van der Waals surface area contributed by atoms with Crippen molar-refractivity contribution in [3.8, 4) is 0 Å². The summed E-state index contributed by atoms with van der Waals surface area (Å²) in [4.78, 5) is 10.3. The normalized spacial score (nSPS) is 28.2. The number of halogens is 1. The molecule has 1 aromatic carbocycles. The standard InChI is InChI=1S/C24H39N5.HI/c1-3-25-24(26-16-21-11-13-29(18-21)23-9-10-23)27-22-12-14-28(19(2)15-22)17-20-7-5-4-6-8-20;/h4-8,19,21-23H,3,9-18H2,1-2H3,(H2,25,26,27);1H. The second-order valence-corrected chi connectivity index (χ2v) is 9.27. The highest BCUT2D eigenvalue weighted by atomic mass is 127. The Labute approximate surface area is 200 Å². The molecule has 0 bridgehead atoms. The number of rotatable bonds is 7. The van der Waals surface area contributed by atoms with Gasteiger partial charge in [-0.05, 0) is 64.0 Å². The molecule has 0 spiro atoms. The summed E-state index contributed by atoms with van der Waals surface area (Å²) >= 11 is 0. The zero-order chi connectivity index (χ0) is 20.1. The van der Waals surface area contributed by atoms with Gasteiger partial charge >= 0.3 is 0 Å². The van der Waals surface area contributed by atoms with Crippen LogP contribution in [-0.2, 0) is 6.54 Å². The van der Waals surface area contributed by atoms with Crippen molar-refractivity contribution in [3.63, 3.8) is 0 Å². The largest absolute Gasteiger partial charge is 0.357 e. The third-order valence-electron chi connectivity index (χ3n) is 6.82. The molecule has 0 amide bonds. The van der Waals surface area contributed by atoms with Gasteiger partial charge in [-0.1, -0.05) is 30.3 Å². The highest BCUT2D eigenvalue weighted by Crippen LogP contribution is 2.31. The number of hydrogen-bond donors (Lipinski definition) is 2. The van der Waals surface area contributed by atoms with Crippen molar-refractivity contribution in [1.29, 1.82) is 0 Å². The van der Waals surface area contributed by atoms with Crippen LogP contribution in [0.4, 0.5) is 0 Å². The van der Waals surface area contributed by atoms with Gasteiger partial charge in [0.05, 0.1) is 0 Å². The summed E-state index contributed by atoms with van der Waals surface area (Å²) in [5, 5.41) is 7.22. The summed E-state index contributed by atoms with van der Waals surface area (Å²) in [6, 6.07) is 12.9. The van der Waals surface area contributed by atoms with Gasteiger partial charge in [-0.2, -0.15) is 0 Å². The van der Waals surface area contributed by atoms with Crippen LogP contribution < -0.4 is 10.6 Å². The van der Waals surface area contributed by atoms with E-state index in [1.54, 1.807) is 0 Å². The highest BCUT2D eigenvalue weighted by molar-refractivity contribution is 14.0. The number of piperidine rings is 1. The number of aliphatic imine (C=N–C) groups is 1. The zero-order valence-corrected chi connectivity index (χ0v) is 21.1. The van der Waals surface area contributed by atoms with Crippen LogP contribution in [0.1, 0.15) is 51.5 Å². The molecule has 3 unspecified atom stereocenters. The number of benzene rings is 1. The first-order valence-corrected chi connectivity index (χ1v) is 11.8. The molecule has 0 aromatic heterocycles. The van der Waals surface area contributed by atoms with Crippen molar-refractivity contribution in [2.75, 3.05) is 32.7 Å². The van der Waals surface area contributed by atoms with Gasteiger partial charge in [0.25, 0.3) is 0 Å². The van der Waals surface area contributed by atoms with E-state index >= 15 is 0 Å². The molecule has 1 saturated carbocycles. The molecule has 3 atom stereocenters. The predicted molar refractivity (Wildman–Crippen MR) is 137 cm³/mol. The Balaban J connectivity index is 0.00000256. The second-order valence-electron chi connectivity index (χ2n) is 9.27. The minimum atomic E-state index is 0. The smallest absolute Gasteiger partial charge is 0.191 e. The lowest BCUT2D eigenvalue weighted by molar-refractivity contribution is 0.134. The van der Waals surface area contributed by atoms with E-state index in [-0.39, 0.29) is 24.0 Å². The van der Waals surface area contributed by atoms with Crippen LogP contribution in [0.15, 0.2) is 35.3 Å². The van der Waals surface area contributed by atoms with Crippen molar-refractivity contribution >= 4 is 29.9 Å². The van der Waals surface area contributed by atoms with E-state index in [4.69, 9.17) is 4.99 Å². The molecule has 168 valence electrons. The molecule has 6 heteroatoms. The molecule has 3 fully saturated rings. The van der Waals surface area contributed by atoms with Gasteiger partial charge in [0, 0.05) is 50.8 Å². The fraction of sp³-hybridized carbons (Fsp3) is 0.708. The Hall–Kier alpha value is -0.860. The number of likely N-dealkylation sites (tertiary alicyclic amines) is 2. The molecule has 0 radical (unpaired) electrons. The average Bonchev–Trinajstić information content (AvgIpc) is 3.47. The summed E-state index contributed by atoms with van der Waals surface area (Å²) in [5.74, 6) is 1.75. The second kappa shape index (κ2) is 11.7. The van der Waals surface area contributed by atoms with Gasteiger partial charge < -0.3 is 15.5 Å². The van der Waals surface area contributed by atoms with E-state index in [1.165, 1.54) is 50.8 Å². The van der Waals surface area contributed by atoms with Gasteiger partial charge in [0.1, 0.15) is 0 Å². The Kier molecular flexibility index (Phi) is 9.26. The van der Waals surface area contributed by atoms with Crippen LogP contribution in [-0.4, -0.2) is 66.6 Å². The third-order valence-corrected chi connectivity index (χ3v) is 6.82. The van der Waals surface area contributed by atoms with E-state index < -0.39 is 0 Å². The average molecular weight is 526 g/mol. The van der Waals surface area contributed by atoms with Gasteiger partial charge in [0.15, 0.2) is 5.96 Å². The predicted octanol–water partition coefficient (Wildman–Crippen LogP) is 3.70. The number of hydrogen-bond acceptors (Lipinski definition) is 3. The summed E-state index contributed by atoms with van der Waals surface area (Å²) in [7, 11) is 0. The molecule has 3 aliphatic rings. The first-order chi connectivity index (χ1) is 14.2. The van der Waals surface area contributed by atoms with E-state index in [0.717, 1.165) is 44.1 Å². The Morgan fingerprint density at radius 3 is 2.60 bits per heavy atom. The van der Waals surface area contributed by atoms with E-state index in [0.29, 0.717) is 12.1 Å². The number of nitrogens with zero attached hydrogens (tertiary/aromatic N) is 3. The Morgan fingerprint density at radius 2 is 1.90 bits per heavy atom. The first-order valence-electron chi connectivity index (χ1n) is 11.8. The minimum Gasteiger partial charge on any atom is -0.357 e. The van der Waals surface area contributed by atoms with Crippen molar-refractivity contribution in [2.24, 2.45) is 10.9 Å². The zero-order valence-electron chi connectivity index (χ0n) is 18.7. The fourth-order valence-electron chi connectivity index (χ4n) is 4.92. The molecular formula is C24H40IN5. The van der Waals surface area contributed by atoms with Crippen LogP contribution in [0.5, 0.6) is 0 Å². The molecule has 1 aromatic rings. The topological polar surface area (TPSA) is 42.9 Å². The molecule has 4 rings (SSSR count). The van der Waals surface area contributed by atoms with Gasteiger partial charge in [0.2, 0.25) is 0 Å². The maximum Gasteiger partial charge on any atom is 0.191 e. The monoisotopic (exact) mass is 525 g/mol. The maximum atomic E-state index is 4.97. The number of guanidine groups is 1. The van der Waals surface area contributed by atoms with Gasteiger partial charge in [-0.15, -0.1) is 24.0 Å². The van der Waals surface area contributed by atoms with Crippen LogP contribution in [0.25, 0.3) is 0 Å². The third kappa shape index (κ3) is 6.82.